The van der Waals surface area contributed by atoms with E-state index in [-0.39, 0.29) is 0 Å². The molecule has 0 unspecified atom stereocenters. The van der Waals surface area contributed by atoms with Crippen LogP contribution in [0.3, 0.4) is 0 Å². The van der Waals surface area contributed by atoms with Gasteiger partial charge in [0.25, 0.3) is 0 Å². The first-order chi connectivity index (χ1) is 8.65. The standard InChI is InChI=1S/C13H12ClN2O.Sn.H/c1-2-3-10-17-13-8-9-16(15-13)12-6-4-11(14)5-7-12;;/h3-9H,10H2,1H3;;. The SMILES string of the molecule is C/[C]([SnH])=C/COc1ccn(-c2ccc(Cl)cc2)n1. The van der Waals surface area contributed by atoms with Crippen molar-refractivity contribution in [3.63, 3.8) is 0 Å². The van der Waals surface area contributed by atoms with E-state index in [1.54, 1.807) is 4.68 Å². The Labute approximate surface area is 124 Å². The summed E-state index contributed by atoms with van der Waals surface area (Å²) in [6.07, 6.45) is 3.94. The Morgan fingerprint density at radius 1 is 1.39 bits per heavy atom. The van der Waals surface area contributed by atoms with Crippen LogP contribution < -0.4 is 4.74 Å². The summed E-state index contributed by atoms with van der Waals surface area (Å²) in [4.78, 5) is 0. The maximum atomic E-state index is 5.84. The molecule has 0 N–H and O–H groups in total. The van der Waals surface area contributed by atoms with Crippen molar-refractivity contribution in [1.82, 2.24) is 9.78 Å². The van der Waals surface area contributed by atoms with Crippen LogP contribution in [0, 0.1) is 0 Å². The van der Waals surface area contributed by atoms with Gasteiger partial charge in [-0.05, 0) is 0 Å². The maximum absolute atomic E-state index is 5.84. The van der Waals surface area contributed by atoms with Crippen LogP contribution in [0.15, 0.2) is 46.2 Å². The zero-order valence-electron chi connectivity index (χ0n) is 10.0. The predicted molar refractivity (Wildman–Crippen MR) is 75.0 cm³/mol. The van der Waals surface area contributed by atoms with E-state index in [1.807, 2.05) is 36.5 Å². The number of aromatic nitrogens is 2. The monoisotopic (exact) mass is 368 g/mol. The number of hydrogen-bond acceptors (Lipinski definition) is 2. The molecule has 0 aliphatic rings. The van der Waals surface area contributed by atoms with E-state index < -0.39 is 0 Å². The quantitative estimate of drug-likeness (QED) is 0.777. The predicted octanol–water partition coefficient (Wildman–Crippen LogP) is 2.71. The van der Waals surface area contributed by atoms with Gasteiger partial charge in [0, 0.05) is 0 Å². The van der Waals surface area contributed by atoms with Crippen molar-refractivity contribution >= 4 is 34.1 Å². The van der Waals surface area contributed by atoms with Crippen LogP contribution in [0.5, 0.6) is 5.88 Å². The Kier molecular flexibility index (Phi) is 4.71. The second-order valence-electron chi connectivity index (χ2n) is 3.83. The molecule has 0 saturated heterocycles. The normalized spacial score (nSPS) is 11.6. The summed E-state index contributed by atoms with van der Waals surface area (Å²) < 4.78 is 8.65. The molecule has 0 saturated carbocycles. The Hall–Kier alpha value is -0.941. The van der Waals surface area contributed by atoms with Gasteiger partial charge in [-0.15, -0.1) is 0 Å². The molecule has 1 aromatic heterocycles. The minimum atomic E-state index is 0.574. The molecule has 1 aromatic carbocycles. The zero-order valence-corrected chi connectivity index (χ0v) is 14.1. The van der Waals surface area contributed by atoms with E-state index in [2.05, 4.69) is 18.1 Å². The van der Waals surface area contributed by atoms with Gasteiger partial charge in [-0.2, -0.15) is 0 Å². The molecule has 0 spiro atoms. The summed E-state index contributed by atoms with van der Waals surface area (Å²) in [6.45, 7) is 2.67. The van der Waals surface area contributed by atoms with Gasteiger partial charge < -0.3 is 0 Å². The van der Waals surface area contributed by atoms with Crippen molar-refractivity contribution < 1.29 is 4.74 Å². The van der Waals surface area contributed by atoms with Gasteiger partial charge in [0.1, 0.15) is 0 Å². The number of rotatable bonds is 4. The minimum absolute atomic E-state index is 0.574. The zero-order chi connectivity index (χ0) is 13.0. The van der Waals surface area contributed by atoms with Crippen LogP contribution in [-0.4, -0.2) is 38.9 Å². The molecule has 0 atom stereocenters. The first-order valence-corrected chi connectivity index (χ1v) is 7.54. The molecular formula is C13H13ClN2OSn. The van der Waals surface area contributed by atoms with Gasteiger partial charge in [0.2, 0.25) is 0 Å². The van der Waals surface area contributed by atoms with Crippen LogP contribution in [0.2, 0.25) is 5.02 Å². The fraction of sp³-hybridized carbons (Fsp3) is 0.154. The molecule has 92 valence electrons. The summed E-state index contributed by atoms with van der Waals surface area (Å²) in [7, 11) is 0. The van der Waals surface area contributed by atoms with Crippen molar-refractivity contribution in [3.05, 3.63) is 51.2 Å². The van der Waals surface area contributed by atoms with Crippen molar-refractivity contribution in [2.45, 2.75) is 6.92 Å². The van der Waals surface area contributed by atoms with E-state index in [4.69, 9.17) is 16.3 Å². The average Bonchev–Trinajstić information content (AvgIpc) is 2.78. The van der Waals surface area contributed by atoms with Crippen LogP contribution in [0.1, 0.15) is 6.92 Å². The summed E-state index contributed by atoms with van der Waals surface area (Å²) >= 11 is 6.98. The Morgan fingerprint density at radius 2 is 2.11 bits per heavy atom. The van der Waals surface area contributed by atoms with Gasteiger partial charge in [-0.3, -0.25) is 0 Å². The molecule has 18 heavy (non-hydrogen) atoms. The fourth-order valence-electron chi connectivity index (χ4n) is 1.38. The number of hydrogen-bond donors (Lipinski definition) is 0. The summed E-state index contributed by atoms with van der Waals surface area (Å²) in [5, 5.41) is 5.06. The second-order valence-corrected chi connectivity index (χ2v) is 6.87. The molecule has 0 aliphatic carbocycles. The van der Waals surface area contributed by atoms with Gasteiger partial charge in [0.15, 0.2) is 0 Å². The Balaban J connectivity index is 2.06. The molecule has 1 heterocycles. The van der Waals surface area contributed by atoms with E-state index in [1.165, 1.54) is 3.59 Å². The van der Waals surface area contributed by atoms with Crippen LogP contribution in [-0.2, 0) is 0 Å². The van der Waals surface area contributed by atoms with Gasteiger partial charge >= 0.3 is 125 Å². The summed E-state index contributed by atoms with van der Waals surface area (Å²) in [6, 6.07) is 9.37. The molecule has 2 aromatic rings. The average molecular weight is 367 g/mol. The Bertz CT molecular complexity index is 544. The number of halogens is 1. The van der Waals surface area contributed by atoms with Gasteiger partial charge in [0.05, 0.1) is 0 Å². The van der Waals surface area contributed by atoms with Gasteiger partial charge in [-0.25, -0.2) is 0 Å². The molecule has 0 fully saturated rings. The van der Waals surface area contributed by atoms with Crippen molar-refractivity contribution in [2.75, 3.05) is 6.61 Å². The van der Waals surface area contributed by atoms with E-state index in [0.717, 1.165) is 33.2 Å². The fourth-order valence-corrected chi connectivity index (χ4v) is 1.78. The molecular weight excluding hydrogens is 354 g/mol. The van der Waals surface area contributed by atoms with E-state index >= 15 is 0 Å². The number of benzene rings is 1. The van der Waals surface area contributed by atoms with Crippen molar-refractivity contribution in [3.8, 4) is 11.6 Å². The molecule has 2 radical (unpaired) electrons. The number of allylic oxidation sites excluding steroid dienone is 1. The van der Waals surface area contributed by atoms with Gasteiger partial charge in [-0.1, -0.05) is 0 Å². The summed E-state index contributed by atoms with van der Waals surface area (Å²) in [5.41, 5.74) is 0.961. The molecule has 2 rings (SSSR count). The third-order valence-electron chi connectivity index (χ3n) is 2.29. The number of ether oxygens (including phenoxy) is 1. The molecule has 0 amide bonds. The van der Waals surface area contributed by atoms with Crippen molar-refractivity contribution in [2.24, 2.45) is 0 Å². The molecule has 0 bridgehead atoms. The third-order valence-corrected chi connectivity index (χ3v) is 3.22. The van der Waals surface area contributed by atoms with Crippen LogP contribution in [0.4, 0.5) is 0 Å². The topological polar surface area (TPSA) is 27.1 Å². The van der Waals surface area contributed by atoms with Crippen LogP contribution in [0.25, 0.3) is 5.69 Å². The third kappa shape index (κ3) is 3.78. The molecule has 5 heteroatoms. The van der Waals surface area contributed by atoms with Crippen LogP contribution >= 0.6 is 11.6 Å². The molecule has 0 aliphatic heterocycles. The van der Waals surface area contributed by atoms with Crippen molar-refractivity contribution in [1.29, 1.82) is 0 Å². The van der Waals surface area contributed by atoms with E-state index in [9.17, 15) is 0 Å². The van der Waals surface area contributed by atoms with E-state index in [0.29, 0.717) is 12.5 Å². The second kappa shape index (κ2) is 6.29. The Morgan fingerprint density at radius 3 is 2.78 bits per heavy atom. The first-order valence-electron chi connectivity index (χ1n) is 5.52. The number of nitrogens with zero attached hydrogens (tertiary/aromatic N) is 2. The first kappa shape index (κ1) is 13.5. The molecule has 3 nitrogen and oxygen atoms in total. The summed E-state index contributed by atoms with van der Waals surface area (Å²) in [5.74, 6) is 0.628.